The molecule has 3 atom stereocenters. The predicted molar refractivity (Wildman–Crippen MR) is 98.8 cm³/mol. The molecular formula is C20H28N2O4. The summed E-state index contributed by atoms with van der Waals surface area (Å²) in [4.78, 5) is 36.3. The summed E-state index contributed by atoms with van der Waals surface area (Å²) in [6.45, 7) is 5.85. The molecular weight excluding hydrogens is 332 g/mol. The van der Waals surface area contributed by atoms with Crippen molar-refractivity contribution in [3.05, 3.63) is 35.4 Å². The Morgan fingerprint density at radius 1 is 1.19 bits per heavy atom. The van der Waals surface area contributed by atoms with Crippen LogP contribution in [0.2, 0.25) is 0 Å². The van der Waals surface area contributed by atoms with Crippen LogP contribution in [-0.4, -0.2) is 35.0 Å². The summed E-state index contributed by atoms with van der Waals surface area (Å²) >= 11 is 0. The first-order valence-corrected chi connectivity index (χ1v) is 9.17. The first-order chi connectivity index (χ1) is 12.3. The number of rotatable bonds is 7. The van der Waals surface area contributed by atoms with E-state index in [-0.39, 0.29) is 23.8 Å². The van der Waals surface area contributed by atoms with Crippen LogP contribution >= 0.6 is 0 Å². The van der Waals surface area contributed by atoms with Crippen LogP contribution in [0.15, 0.2) is 24.3 Å². The van der Waals surface area contributed by atoms with E-state index < -0.39 is 17.9 Å². The van der Waals surface area contributed by atoms with Crippen LogP contribution in [0, 0.1) is 18.8 Å². The van der Waals surface area contributed by atoms with Gasteiger partial charge in [-0.25, -0.2) is 0 Å². The van der Waals surface area contributed by atoms with Gasteiger partial charge >= 0.3 is 5.97 Å². The molecule has 2 rings (SSSR count). The number of carbonyl (C=O) groups excluding carboxylic acids is 2. The fraction of sp³-hybridized carbons (Fsp3) is 0.550. The molecule has 2 amide bonds. The highest BCUT2D eigenvalue weighted by molar-refractivity contribution is 5.98. The summed E-state index contributed by atoms with van der Waals surface area (Å²) < 4.78 is 0. The van der Waals surface area contributed by atoms with Crippen LogP contribution in [-0.2, 0) is 9.59 Å². The molecule has 1 unspecified atom stereocenters. The molecule has 0 heterocycles. The first kappa shape index (κ1) is 19.9. The number of carboxylic acids is 1. The second-order valence-electron chi connectivity index (χ2n) is 7.52. The van der Waals surface area contributed by atoms with E-state index in [1.807, 2.05) is 32.9 Å². The van der Waals surface area contributed by atoms with Crippen molar-refractivity contribution in [2.75, 3.05) is 0 Å². The lowest BCUT2D eigenvalue weighted by Gasteiger charge is -2.23. The quantitative estimate of drug-likeness (QED) is 0.696. The van der Waals surface area contributed by atoms with E-state index in [0.29, 0.717) is 31.2 Å². The number of hydrogen-bond acceptors (Lipinski definition) is 3. The molecule has 1 fully saturated rings. The molecule has 0 aromatic heterocycles. The average Bonchev–Trinajstić information content (AvgIpc) is 3.03. The number of amides is 2. The SMILES string of the molecule is Cc1ccccc1C(=O)NC(CC(C)C)C(=O)N[C@H]1CC[C@@H](C(=O)O)C1. The summed E-state index contributed by atoms with van der Waals surface area (Å²) in [6.07, 6.45) is 2.20. The van der Waals surface area contributed by atoms with E-state index in [2.05, 4.69) is 10.6 Å². The van der Waals surface area contributed by atoms with E-state index in [1.165, 1.54) is 0 Å². The summed E-state index contributed by atoms with van der Waals surface area (Å²) in [5.41, 5.74) is 1.41. The van der Waals surface area contributed by atoms with E-state index >= 15 is 0 Å². The molecule has 0 aliphatic heterocycles. The van der Waals surface area contributed by atoms with Gasteiger partial charge in [-0.05, 0) is 50.2 Å². The van der Waals surface area contributed by atoms with Gasteiger partial charge in [0.15, 0.2) is 0 Å². The van der Waals surface area contributed by atoms with E-state index in [0.717, 1.165) is 5.56 Å². The Morgan fingerprint density at radius 2 is 1.88 bits per heavy atom. The third-order valence-corrected chi connectivity index (χ3v) is 4.85. The van der Waals surface area contributed by atoms with Gasteiger partial charge in [0.25, 0.3) is 5.91 Å². The van der Waals surface area contributed by atoms with Gasteiger partial charge in [0, 0.05) is 11.6 Å². The molecule has 0 saturated heterocycles. The second kappa shape index (κ2) is 8.83. The highest BCUT2D eigenvalue weighted by Gasteiger charge is 2.32. The second-order valence-corrected chi connectivity index (χ2v) is 7.52. The van der Waals surface area contributed by atoms with Crippen molar-refractivity contribution in [3.8, 4) is 0 Å². The third kappa shape index (κ3) is 5.31. The van der Waals surface area contributed by atoms with Gasteiger partial charge < -0.3 is 15.7 Å². The largest absolute Gasteiger partial charge is 0.481 e. The van der Waals surface area contributed by atoms with E-state index in [4.69, 9.17) is 5.11 Å². The average molecular weight is 360 g/mol. The summed E-state index contributed by atoms with van der Waals surface area (Å²) in [6, 6.07) is 6.48. The maximum Gasteiger partial charge on any atom is 0.306 e. The van der Waals surface area contributed by atoms with Crippen molar-refractivity contribution in [1.82, 2.24) is 10.6 Å². The van der Waals surface area contributed by atoms with Crippen molar-refractivity contribution < 1.29 is 19.5 Å². The van der Waals surface area contributed by atoms with Gasteiger partial charge in [-0.3, -0.25) is 14.4 Å². The zero-order valence-corrected chi connectivity index (χ0v) is 15.6. The number of nitrogens with one attached hydrogen (secondary N) is 2. The van der Waals surface area contributed by atoms with Crippen molar-refractivity contribution in [1.29, 1.82) is 0 Å². The van der Waals surface area contributed by atoms with Crippen molar-refractivity contribution >= 4 is 17.8 Å². The summed E-state index contributed by atoms with van der Waals surface area (Å²) in [5, 5.41) is 14.9. The van der Waals surface area contributed by atoms with E-state index in [1.54, 1.807) is 12.1 Å². The molecule has 1 aliphatic carbocycles. The number of aliphatic carboxylic acids is 1. The molecule has 1 aromatic rings. The Hall–Kier alpha value is -2.37. The molecule has 142 valence electrons. The normalized spacial score (nSPS) is 20.6. The summed E-state index contributed by atoms with van der Waals surface area (Å²) in [7, 11) is 0. The monoisotopic (exact) mass is 360 g/mol. The molecule has 3 N–H and O–H groups in total. The van der Waals surface area contributed by atoms with Gasteiger partial charge in [0.1, 0.15) is 6.04 Å². The minimum atomic E-state index is -0.812. The molecule has 6 nitrogen and oxygen atoms in total. The Kier molecular flexibility index (Phi) is 6.77. The minimum Gasteiger partial charge on any atom is -0.481 e. The fourth-order valence-corrected chi connectivity index (χ4v) is 3.41. The van der Waals surface area contributed by atoms with Crippen LogP contribution in [0.4, 0.5) is 0 Å². The van der Waals surface area contributed by atoms with Crippen LogP contribution < -0.4 is 10.6 Å². The maximum absolute atomic E-state index is 12.7. The minimum absolute atomic E-state index is 0.145. The number of carbonyl (C=O) groups is 3. The van der Waals surface area contributed by atoms with Gasteiger partial charge in [0.2, 0.25) is 5.91 Å². The van der Waals surface area contributed by atoms with Crippen LogP contribution in [0.5, 0.6) is 0 Å². The zero-order chi connectivity index (χ0) is 19.3. The number of aryl methyl sites for hydroxylation is 1. The lowest BCUT2D eigenvalue weighted by molar-refractivity contribution is -0.141. The Labute approximate surface area is 154 Å². The van der Waals surface area contributed by atoms with Crippen molar-refractivity contribution in [2.24, 2.45) is 11.8 Å². The van der Waals surface area contributed by atoms with Crippen LogP contribution in [0.25, 0.3) is 0 Å². The van der Waals surface area contributed by atoms with Crippen molar-refractivity contribution in [2.45, 2.75) is 58.5 Å². The van der Waals surface area contributed by atoms with Crippen LogP contribution in [0.1, 0.15) is 55.5 Å². The zero-order valence-electron chi connectivity index (χ0n) is 15.6. The molecule has 1 aliphatic rings. The number of carboxylic acid groups (broad SMARTS) is 1. The van der Waals surface area contributed by atoms with Crippen molar-refractivity contribution in [3.63, 3.8) is 0 Å². The lowest BCUT2D eigenvalue weighted by Crippen LogP contribution is -2.49. The topological polar surface area (TPSA) is 95.5 Å². The highest BCUT2D eigenvalue weighted by atomic mass is 16.4. The number of benzene rings is 1. The first-order valence-electron chi connectivity index (χ1n) is 9.17. The molecule has 1 saturated carbocycles. The van der Waals surface area contributed by atoms with E-state index in [9.17, 15) is 14.4 Å². The standard InChI is InChI=1S/C20H28N2O4/c1-12(2)10-17(22-18(23)16-7-5-4-6-13(16)3)19(24)21-15-9-8-14(11-15)20(25)26/h4-7,12,14-15,17H,8-11H2,1-3H3,(H,21,24)(H,22,23)(H,25,26)/t14-,15+,17?/m1/s1. The highest BCUT2D eigenvalue weighted by Crippen LogP contribution is 2.25. The van der Waals surface area contributed by atoms with Gasteiger partial charge in [-0.2, -0.15) is 0 Å². The summed E-state index contributed by atoms with van der Waals surface area (Å²) in [5.74, 6) is -1.48. The predicted octanol–water partition coefficient (Wildman–Crippen LogP) is 2.51. The maximum atomic E-state index is 12.7. The third-order valence-electron chi connectivity index (χ3n) is 4.85. The molecule has 0 spiro atoms. The Bertz CT molecular complexity index is 672. The molecule has 26 heavy (non-hydrogen) atoms. The smallest absolute Gasteiger partial charge is 0.306 e. The van der Waals surface area contributed by atoms with Gasteiger partial charge in [0.05, 0.1) is 5.92 Å². The van der Waals surface area contributed by atoms with Crippen LogP contribution in [0.3, 0.4) is 0 Å². The van der Waals surface area contributed by atoms with Gasteiger partial charge in [-0.15, -0.1) is 0 Å². The number of hydrogen-bond donors (Lipinski definition) is 3. The fourth-order valence-electron chi connectivity index (χ4n) is 3.41. The molecule has 0 radical (unpaired) electrons. The Balaban J connectivity index is 2.02. The molecule has 0 bridgehead atoms. The molecule has 1 aromatic carbocycles. The molecule has 6 heteroatoms. The van der Waals surface area contributed by atoms with Gasteiger partial charge in [-0.1, -0.05) is 32.0 Å². The Morgan fingerprint density at radius 3 is 2.46 bits per heavy atom. The lowest BCUT2D eigenvalue weighted by atomic mass is 10.0.